The predicted octanol–water partition coefficient (Wildman–Crippen LogP) is 5.29. The van der Waals surface area contributed by atoms with Gasteiger partial charge in [0.1, 0.15) is 23.6 Å². The maximum absolute atomic E-state index is 6.20. The molecule has 0 radical (unpaired) electrons. The van der Waals surface area contributed by atoms with Gasteiger partial charge in [0, 0.05) is 23.4 Å². The highest BCUT2D eigenvalue weighted by Crippen LogP contribution is 2.39. The third-order valence-electron chi connectivity index (χ3n) is 6.72. The molecule has 0 fully saturated rings. The highest BCUT2D eigenvalue weighted by atomic mass is 16.5. The second-order valence-corrected chi connectivity index (χ2v) is 9.06. The number of hydrogen-bond donors (Lipinski definition) is 1. The van der Waals surface area contributed by atoms with Crippen LogP contribution in [-0.2, 0) is 12.8 Å². The number of rotatable bonds is 2. The Bertz CT molecular complexity index is 1320. The van der Waals surface area contributed by atoms with Crippen molar-refractivity contribution in [3.63, 3.8) is 0 Å². The van der Waals surface area contributed by atoms with Crippen molar-refractivity contribution in [3.05, 3.63) is 83.2 Å². The molecule has 1 N–H and O–H groups in total. The summed E-state index contributed by atoms with van der Waals surface area (Å²) in [5.41, 5.74) is 6.83. The molecule has 2 aliphatic rings. The molecule has 1 unspecified atom stereocenters. The van der Waals surface area contributed by atoms with Crippen LogP contribution in [0.3, 0.4) is 0 Å². The second kappa shape index (κ2) is 8.89. The SMILES string of the molecule is Cc1ncn(-c2ccc3cc2OCCCCCc2nc(nc4c2CCC4c2ccccc2)N3)n1. The molecule has 3 heterocycles. The van der Waals surface area contributed by atoms with Gasteiger partial charge in [-0.3, -0.25) is 0 Å². The van der Waals surface area contributed by atoms with E-state index in [0.29, 0.717) is 18.5 Å². The van der Waals surface area contributed by atoms with E-state index in [-0.39, 0.29) is 0 Å². The maximum Gasteiger partial charge on any atom is 0.227 e. The Morgan fingerprint density at radius 2 is 1.91 bits per heavy atom. The fourth-order valence-electron chi connectivity index (χ4n) is 5.05. The maximum atomic E-state index is 6.20. The van der Waals surface area contributed by atoms with Crippen LogP contribution in [0.25, 0.3) is 5.69 Å². The van der Waals surface area contributed by atoms with Gasteiger partial charge in [-0.2, -0.15) is 5.10 Å². The summed E-state index contributed by atoms with van der Waals surface area (Å²) in [6.45, 7) is 2.55. The number of benzene rings is 2. The van der Waals surface area contributed by atoms with Gasteiger partial charge in [0.25, 0.3) is 0 Å². The molecule has 34 heavy (non-hydrogen) atoms. The fraction of sp³-hybridized carbons (Fsp3) is 0.333. The summed E-state index contributed by atoms with van der Waals surface area (Å²) in [5.74, 6) is 2.49. The van der Waals surface area contributed by atoms with Gasteiger partial charge in [-0.15, -0.1) is 0 Å². The molecule has 0 amide bonds. The Morgan fingerprint density at radius 1 is 1.00 bits per heavy atom. The number of nitrogens with zero attached hydrogens (tertiary/aromatic N) is 5. The first kappa shape index (κ1) is 20.8. The lowest BCUT2D eigenvalue weighted by atomic mass is 9.96. The van der Waals surface area contributed by atoms with Crippen molar-refractivity contribution in [1.29, 1.82) is 0 Å². The Labute approximate surface area is 199 Å². The third kappa shape index (κ3) is 4.02. The van der Waals surface area contributed by atoms with Gasteiger partial charge < -0.3 is 10.1 Å². The van der Waals surface area contributed by atoms with Gasteiger partial charge in [0.2, 0.25) is 5.95 Å². The van der Waals surface area contributed by atoms with E-state index in [1.54, 1.807) is 11.0 Å². The molecule has 1 aliphatic carbocycles. The summed E-state index contributed by atoms with van der Waals surface area (Å²) < 4.78 is 7.96. The van der Waals surface area contributed by atoms with Crippen molar-refractivity contribution in [2.75, 3.05) is 11.9 Å². The van der Waals surface area contributed by atoms with Gasteiger partial charge in [0.15, 0.2) is 0 Å². The van der Waals surface area contributed by atoms with Crippen LogP contribution in [0, 0.1) is 6.92 Å². The van der Waals surface area contributed by atoms with Crippen LogP contribution in [0.5, 0.6) is 5.75 Å². The van der Waals surface area contributed by atoms with Crippen molar-refractivity contribution >= 4 is 11.6 Å². The number of aryl methyl sites for hydroxylation is 2. The molecule has 1 aliphatic heterocycles. The summed E-state index contributed by atoms with van der Waals surface area (Å²) >= 11 is 0. The molecule has 2 aromatic heterocycles. The minimum absolute atomic E-state index is 0.325. The van der Waals surface area contributed by atoms with Gasteiger partial charge in [-0.05, 0) is 68.7 Å². The minimum atomic E-state index is 0.325. The largest absolute Gasteiger partial charge is 0.491 e. The Balaban J connectivity index is 1.40. The molecule has 4 aromatic rings. The van der Waals surface area contributed by atoms with Crippen LogP contribution in [-0.4, -0.2) is 31.3 Å². The summed E-state index contributed by atoms with van der Waals surface area (Å²) in [4.78, 5) is 14.3. The molecule has 4 bridgehead atoms. The van der Waals surface area contributed by atoms with Crippen molar-refractivity contribution in [1.82, 2.24) is 24.7 Å². The third-order valence-corrected chi connectivity index (χ3v) is 6.72. The van der Waals surface area contributed by atoms with Crippen molar-refractivity contribution in [3.8, 4) is 11.4 Å². The average molecular weight is 453 g/mol. The van der Waals surface area contributed by atoms with Crippen LogP contribution in [0.4, 0.5) is 11.6 Å². The summed E-state index contributed by atoms with van der Waals surface area (Å²) in [5, 5.41) is 7.92. The zero-order valence-corrected chi connectivity index (χ0v) is 19.4. The Morgan fingerprint density at radius 3 is 2.76 bits per heavy atom. The van der Waals surface area contributed by atoms with Gasteiger partial charge in [-0.1, -0.05) is 30.3 Å². The first-order valence-corrected chi connectivity index (χ1v) is 12.1. The van der Waals surface area contributed by atoms with Crippen LogP contribution in [0.15, 0.2) is 54.9 Å². The van der Waals surface area contributed by atoms with Crippen LogP contribution in [0.2, 0.25) is 0 Å². The fourth-order valence-corrected chi connectivity index (χ4v) is 5.05. The van der Waals surface area contributed by atoms with E-state index in [4.69, 9.17) is 14.7 Å². The summed E-state index contributed by atoms with van der Waals surface area (Å²) in [7, 11) is 0. The van der Waals surface area contributed by atoms with E-state index in [1.165, 1.54) is 22.5 Å². The Kier molecular flexibility index (Phi) is 5.45. The van der Waals surface area contributed by atoms with Gasteiger partial charge >= 0.3 is 0 Å². The highest BCUT2D eigenvalue weighted by molar-refractivity contribution is 5.62. The van der Waals surface area contributed by atoms with E-state index >= 15 is 0 Å². The van der Waals surface area contributed by atoms with E-state index in [2.05, 4.69) is 45.7 Å². The number of hydrogen-bond acceptors (Lipinski definition) is 6. The van der Waals surface area contributed by atoms with Crippen LogP contribution >= 0.6 is 0 Å². The van der Waals surface area contributed by atoms with E-state index in [9.17, 15) is 0 Å². The summed E-state index contributed by atoms with van der Waals surface area (Å²) in [6, 6.07) is 16.8. The molecule has 0 spiro atoms. The highest BCUT2D eigenvalue weighted by Gasteiger charge is 2.29. The van der Waals surface area contributed by atoms with E-state index in [0.717, 1.165) is 61.5 Å². The molecule has 2 aromatic carbocycles. The van der Waals surface area contributed by atoms with Crippen molar-refractivity contribution in [2.24, 2.45) is 0 Å². The number of anilines is 2. The van der Waals surface area contributed by atoms with Gasteiger partial charge in [0.05, 0.1) is 12.3 Å². The molecular formula is C27H28N6O. The second-order valence-electron chi connectivity index (χ2n) is 9.06. The van der Waals surface area contributed by atoms with Crippen LogP contribution in [0.1, 0.15) is 59.9 Å². The lowest BCUT2D eigenvalue weighted by Crippen LogP contribution is -2.08. The summed E-state index contributed by atoms with van der Waals surface area (Å²) in [6.07, 6.45) is 8.02. The molecule has 7 heteroatoms. The molecule has 7 nitrogen and oxygen atoms in total. The molecular weight excluding hydrogens is 424 g/mol. The van der Waals surface area contributed by atoms with Crippen LogP contribution < -0.4 is 10.1 Å². The first-order chi connectivity index (χ1) is 16.7. The smallest absolute Gasteiger partial charge is 0.227 e. The zero-order chi connectivity index (χ0) is 22.9. The topological polar surface area (TPSA) is 77.8 Å². The quantitative estimate of drug-likeness (QED) is 0.445. The minimum Gasteiger partial charge on any atom is -0.491 e. The monoisotopic (exact) mass is 452 g/mol. The standard InChI is InChI=1S/C27H28N6O/c1-18-28-17-33(32-18)24-14-11-20-16-25(24)34-15-7-3-6-10-23-22-13-12-21(19-8-4-2-5-9-19)26(22)31-27(29-20)30-23/h2,4-5,8-9,11,14,16-17,21H,3,6-7,10,12-13,15H2,1H3,(H,29,30,31). The predicted molar refractivity (Wildman–Crippen MR) is 131 cm³/mol. The molecule has 0 saturated carbocycles. The number of ether oxygens (including phenoxy) is 1. The molecule has 1 atom stereocenters. The zero-order valence-electron chi connectivity index (χ0n) is 19.4. The lowest BCUT2D eigenvalue weighted by molar-refractivity contribution is 0.304. The van der Waals surface area contributed by atoms with Crippen molar-refractivity contribution < 1.29 is 4.74 Å². The normalized spacial score (nSPS) is 17.5. The molecule has 6 rings (SSSR count). The Hall–Kier alpha value is -3.74. The number of aromatic nitrogens is 5. The molecule has 172 valence electrons. The van der Waals surface area contributed by atoms with Crippen molar-refractivity contribution in [2.45, 2.75) is 51.4 Å². The van der Waals surface area contributed by atoms with E-state index in [1.807, 2.05) is 25.1 Å². The lowest BCUT2D eigenvalue weighted by Gasteiger charge is -2.16. The van der Waals surface area contributed by atoms with E-state index < -0.39 is 0 Å². The first-order valence-electron chi connectivity index (χ1n) is 12.1. The number of nitrogens with one attached hydrogen (secondary N) is 1. The molecule has 0 saturated heterocycles. The van der Waals surface area contributed by atoms with Gasteiger partial charge in [-0.25, -0.2) is 19.6 Å². The number of fused-ring (bicyclic) bond motifs is 6. The average Bonchev–Trinajstić information content (AvgIpc) is 3.48.